The van der Waals surface area contributed by atoms with Gasteiger partial charge in [0.1, 0.15) is 0 Å². The lowest BCUT2D eigenvalue weighted by atomic mass is 9.71. The van der Waals surface area contributed by atoms with Gasteiger partial charge < -0.3 is 10.6 Å². The van der Waals surface area contributed by atoms with Gasteiger partial charge >= 0.3 is 0 Å². The van der Waals surface area contributed by atoms with E-state index in [0.717, 1.165) is 36.4 Å². The highest BCUT2D eigenvalue weighted by molar-refractivity contribution is 4.92. The maximum Gasteiger partial charge on any atom is 0.0135 e. The summed E-state index contributed by atoms with van der Waals surface area (Å²) in [5.41, 5.74) is 5.94. The molecule has 2 saturated carbocycles. The van der Waals surface area contributed by atoms with Crippen molar-refractivity contribution in [2.45, 2.75) is 64.5 Å². The van der Waals surface area contributed by atoms with E-state index in [9.17, 15) is 0 Å². The molecule has 0 aliphatic heterocycles. The first-order valence-corrected chi connectivity index (χ1v) is 7.55. The predicted molar refractivity (Wildman–Crippen MR) is 73.9 cm³/mol. The average molecular weight is 238 g/mol. The third-order valence-electron chi connectivity index (χ3n) is 5.36. The van der Waals surface area contributed by atoms with Crippen LogP contribution >= 0.6 is 0 Å². The largest absolute Gasteiger partial charge is 0.330 e. The van der Waals surface area contributed by atoms with Crippen molar-refractivity contribution < 1.29 is 0 Å². The fourth-order valence-electron chi connectivity index (χ4n) is 3.78. The van der Waals surface area contributed by atoms with Crippen molar-refractivity contribution >= 4 is 0 Å². The van der Waals surface area contributed by atoms with E-state index in [2.05, 4.69) is 25.8 Å². The quantitative estimate of drug-likeness (QED) is 0.816. The van der Waals surface area contributed by atoms with Crippen molar-refractivity contribution in [3.8, 4) is 0 Å². The van der Waals surface area contributed by atoms with E-state index in [0.29, 0.717) is 0 Å². The molecule has 0 bridgehead atoms. The zero-order chi connectivity index (χ0) is 12.4. The van der Waals surface area contributed by atoms with Crippen LogP contribution in [-0.4, -0.2) is 30.6 Å². The van der Waals surface area contributed by atoms with Crippen molar-refractivity contribution in [3.05, 3.63) is 0 Å². The molecule has 2 heteroatoms. The Hall–Kier alpha value is -0.0800. The molecule has 2 atom stereocenters. The van der Waals surface area contributed by atoms with E-state index >= 15 is 0 Å². The third-order valence-corrected chi connectivity index (χ3v) is 5.36. The lowest BCUT2D eigenvalue weighted by molar-refractivity contribution is 0.0131. The van der Waals surface area contributed by atoms with Gasteiger partial charge in [-0.3, -0.25) is 0 Å². The fraction of sp³-hybridized carbons (Fsp3) is 1.00. The molecule has 0 aromatic rings. The molecule has 0 radical (unpaired) electrons. The molecule has 2 rings (SSSR count). The summed E-state index contributed by atoms with van der Waals surface area (Å²) in [6.07, 6.45) is 8.37. The normalized spacial score (nSPS) is 38.5. The molecular formula is C15H30N2. The van der Waals surface area contributed by atoms with E-state index in [1.165, 1.54) is 38.5 Å². The molecule has 2 nitrogen and oxygen atoms in total. The molecule has 2 aliphatic rings. The monoisotopic (exact) mass is 238 g/mol. The van der Waals surface area contributed by atoms with Gasteiger partial charge in [-0.25, -0.2) is 0 Å². The van der Waals surface area contributed by atoms with E-state index in [1.807, 2.05) is 0 Å². The Balaban J connectivity index is 1.85. The summed E-state index contributed by atoms with van der Waals surface area (Å²) < 4.78 is 0. The second-order valence-electron chi connectivity index (χ2n) is 6.64. The van der Waals surface area contributed by atoms with Crippen molar-refractivity contribution in [2.75, 3.05) is 13.6 Å². The van der Waals surface area contributed by atoms with Gasteiger partial charge in [-0.05, 0) is 57.0 Å². The average Bonchev–Trinajstić information content (AvgIpc) is 2.26. The SMILES string of the molecule is CC(C)C1CC(N(C)C2CCCCC2CN)C1. The Morgan fingerprint density at radius 1 is 1.18 bits per heavy atom. The van der Waals surface area contributed by atoms with Crippen LogP contribution in [0.1, 0.15) is 52.4 Å². The van der Waals surface area contributed by atoms with Crippen LogP contribution in [-0.2, 0) is 0 Å². The zero-order valence-electron chi connectivity index (χ0n) is 11.9. The fourth-order valence-corrected chi connectivity index (χ4v) is 3.78. The van der Waals surface area contributed by atoms with Crippen molar-refractivity contribution in [1.82, 2.24) is 4.90 Å². The minimum absolute atomic E-state index is 0.756. The molecule has 2 N–H and O–H groups in total. The van der Waals surface area contributed by atoms with E-state index in [1.54, 1.807) is 0 Å². The molecule has 2 unspecified atom stereocenters. The number of hydrogen-bond acceptors (Lipinski definition) is 2. The second kappa shape index (κ2) is 5.71. The molecule has 2 fully saturated rings. The summed E-state index contributed by atoms with van der Waals surface area (Å²) in [7, 11) is 2.35. The van der Waals surface area contributed by atoms with Gasteiger partial charge in [-0.15, -0.1) is 0 Å². The van der Waals surface area contributed by atoms with Crippen molar-refractivity contribution in [1.29, 1.82) is 0 Å². The van der Waals surface area contributed by atoms with Gasteiger partial charge in [0.05, 0.1) is 0 Å². The van der Waals surface area contributed by atoms with Gasteiger partial charge in [0, 0.05) is 12.1 Å². The molecule has 0 amide bonds. The van der Waals surface area contributed by atoms with Gasteiger partial charge in [0.15, 0.2) is 0 Å². The Labute approximate surface area is 107 Å². The van der Waals surface area contributed by atoms with Crippen LogP contribution in [0, 0.1) is 17.8 Å². The van der Waals surface area contributed by atoms with Gasteiger partial charge in [-0.1, -0.05) is 26.7 Å². The van der Waals surface area contributed by atoms with E-state index in [4.69, 9.17) is 5.73 Å². The highest BCUT2D eigenvalue weighted by atomic mass is 15.2. The van der Waals surface area contributed by atoms with Crippen LogP contribution in [0.2, 0.25) is 0 Å². The number of hydrogen-bond donors (Lipinski definition) is 1. The summed E-state index contributed by atoms with van der Waals surface area (Å²) in [4.78, 5) is 2.68. The Bertz CT molecular complexity index is 233. The molecule has 0 saturated heterocycles. The number of rotatable bonds is 4. The Kier molecular flexibility index (Phi) is 4.48. The van der Waals surface area contributed by atoms with Crippen LogP contribution in [0.4, 0.5) is 0 Å². The standard InChI is InChI=1S/C15H30N2/c1-11(2)13-8-14(9-13)17(3)15-7-5-4-6-12(15)10-16/h11-15H,4-10,16H2,1-3H3. The first kappa shape index (κ1) is 13.4. The van der Waals surface area contributed by atoms with Gasteiger partial charge in [-0.2, -0.15) is 0 Å². The summed E-state index contributed by atoms with van der Waals surface area (Å²) >= 11 is 0. The molecule has 100 valence electrons. The van der Waals surface area contributed by atoms with Crippen molar-refractivity contribution in [3.63, 3.8) is 0 Å². The summed E-state index contributed by atoms with van der Waals surface area (Å²) in [6, 6.07) is 1.62. The van der Waals surface area contributed by atoms with E-state index < -0.39 is 0 Å². The molecule has 0 aromatic heterocycles. The molecule has 0 heterocycles. The van der Waals surface area contributed by atoms with Crippen LogP contribution in [0.5, 0.6) is 0 Å². The predicted octanol–water partition coefficient (Wildman–Crippen LogP) is 2.87. The third kappa shape index (κ3) is 2.85. The maximum atomic E-state index is 5.94. The zero-order valence-corrected chi connectivity index (χ0v) is 11.9. The smallest absolute Gasteiger partial charge is 0.0135 e. The van der Waals surface area contributed by atoms with Crippen molar-refractivity contribution in [2.24, 2.45) is 23.5 Å². The van der Waals surface area contributed by atoms with Crippen LogP contribution in [0.25, 0.3) is 0 Å². The maximum absolute atomic E-state index is 5.94. The minimum atomic E-state index is 0.756. The molecular weight excluding hydrogens is 208 g/mol. The van der Waals surface area contributed by atoms with E-state index in [-0.39, 0.29) is 0 Å². The van der Waals surface area contributed by atoms with Crippen LogP contribution < -0.4 is 5.73 Å². The first-order chi connectivity index (χ1) is 8.13. The molecule has 2 aliphatic carbocycles. The highest BCUT2D eigenvalue weighted by Gasteiger charge is 2.38. The molecule has 17 heavy (non-hydrogen) atoms. The van der Waals surface area contributed by atoms with Crippen LogP contribution in [0.15, 0.2) is 0 Å². The topological polar surface area (TPSA) is 29.3 Å². The first-order valence-electron chi connectivity index (χ1n) is 7.55. The Morgan fingerprint density at radius 2 is 1.82 bits per heavy atom. The lowest BCUT2D eigenvalue weighted by Crippen LogP contribution is -2.52. The minimum Gasteiger partial charge on any atom is -0.330 e. The van der Waals surface area contributed by atoms with Gasteiger partial charge in [0.25, 0.3) is 0 Å². The van der Waals surface area contributed by atoms with Gasteiger partial charge in [0.2, 0.25) is 0 Å². The summed E-state index contributed by atoms with van der Waals surface area (Å²) in [5.74, 6) is 2.60. The lowest BCUT2D eigenvalue weighted by Gasteiger charge is -2.49. The Morgan fingerprint density at radius 3 is 2.41 bits per heavy atom. The van der Waals surface area contributed by atoms with Crippen LogP contribution in [0.3, 0.4) is 0 Å². The second-order valence-corrected chi connectivity index (χ2v) is 6.64. The summed E-state index contributed by atoms with van der Waals surface area (Å²) in [6.45, 7) is 5.61. The number of nitrogens with zero attached hydrogens (tertiary/aromatic N) is 1. The molecule has 0 aromatic carbocycles. The summed E-state index contributed by atoms with van der Waals surface area (Å²) in [5, 5.41) is 0. The molecule has 0 spiro atoms. The number of nitrogens with two attached hydrogens (primary N) is 1. The highest BCUT2D eigenvalue weighted by Crippen LogP contribution is 2.39.